The predicted molar refractivity (Wildman–Crippen MR) is 102 cm³/mol. The molecule has 0 aliphatic carbocycles. The summed E-state index contributed by atoms with van der Waals surface area (Å²) in [6, 6.07) is 13.2. The highest BCUT2D eigenvalue weighted by molar-refractivity contribution is 7.90. The maximum absolute atomic E-state index is 13.3. The van der Waals surface area contributed by atoms with E-state index in [1.807, 2.05) is 0 Å². The molecule has 138 valence electrons. The number of aromatic nitrogens is 1. The van der Waals surface area contributed by atoms with E-state index in [0.29, 0.717) is 22.4 Å². The Kier molecular flexibility index (Phi) is 4.99. The first kappa shape index (κ1) is 19.0. The lowest BCUT2D eigenvalue weighted by Gasteiger charge is -2.13. The number of carbonyl (C=O) groups excluding carboxylic acids is 1. The van der Waals surface area contributed by atoms with E-state index in [-0.39, 0.29) is 15.6 Å². The smallest absolute Gasteiger partial charge is 0.251 e. The average Bonchev–Trinajstić information content (AvgIpc) is 2.61. The first-order chi connectivity index (χ1) is 12.7. The summed E-state index contributed by atoms with van der Waals surface area (Å²) < 4.78 is 36.6. The van der Waals surface area contributed by atoms with Gasteiger partial charge in [-0.15, -0.1) is 0 Å². The van der Waals surface area contributed by atoms with Crippen molar-refractivity contribution >= 4 is 27.3 Å². The van der Waals surface area contributed by atoms with Crippen molar-refractivity contribution in [2.45, 2.75) is 4.90 Å². The number of hydrogen-bond donors (Lipinski definition) is 1. The van der Waals surface area contributed by atoms with Crippen LogP contribution in [-0.2, 0) is 9.84 Å². The van der Waals surface area contributed by atoms with Gasteiger partial charge in [0, 0.05) is 17.4 Å². The Hall–Kier alpha value is -2.77. The quantitative estimate of drug-likeness (QED) is 0.671. The SMILES string of the molecule is CS(=O)(=O)c1ccc(-c2cc(C(N)=O)c(Cl)nc2-c2ccc(F)cc2)cc1. The molecule has 0 spiro atoms. The van der Waals surface area contributed by atoms with E-state index < -0.39 is 21.6 Å². The summed E-state index contributed by atoms with van der Waals surface area (Å²) in [5, 5.41) is -0.0710. The third-order valence-corrected chi connectivity index (χ3v) is 5.37. The molecule has 0 aliphatic heterocycles. The lowest BCUT2D eigenvalue weighted by molar-refractivity contribution is 0.1000. The Morgan fingerprint density at radius 2 is 1.59 bits per heavy atom. The predicted octanol–water partition coefficient (Wildman–Crippen LogP) is 3.71. The summed E-state index contributed by atoms with van der Waals surface area (Å²) in [6.07, 6.45) is 1.11. The van der Waals surface area contributed by atoms with Crippen molar-refractivity contribution < 1.29 is 17.6 Å². The van der Waals surface area contributed by atoms with Crippen LogP contribution < -0.4 is 5.73 Å². The molecule has 2 aromatic carbocycles. The minimum absolute atomic E-state index is 0.0321. The number of halogens is 2. The second-order valence-corrected chi connectivity index (χ2v) is 8.26. The molecule has 1 heterocycles. The zero-order chi connectivity index (χ0) is 19.8. The zero-order valence-corrected chi connectivity index (χ0v) is 15.7. The molecule has 5 nitrogen and oxygen atoms in total. The number of nitrogens with zero attached hydrogens (tertiary/aromatic N) is 1. The summed E-state index contributed by atoms with van der Waals surface area (Å²) >= 11 is 6.08. The molecule has 1 aromatic heterocycles. The third-order valence-electron chi connectivity index (χ3n) is 3.95. The van der Waals surface area contributed by atoms with E-state index in [9.17, 15) is 17.6 Å². The van der Waals surface area contributed by atoms with E-state index in [0.717, 1.165) is 6.26 Å². The van der Waals surface area contributed by atoms with Crippen molar-refractivity contribution in [2.24, 2.45) is 5.73 Å². The number of rotatable bonds is 4. The molecule has 0 saturated heterocycles. The maximum atomic E-state index is 13.3. The third kappa shape index (κ3) is 3.99. The summed E-state index contributed by atoms with van der Waals surface area (Å²) in [5.41, 5.74) is 7.50. The molecule has 0 unspecified atom stereocenters. The van der Waals surface area contributed by atoms with Gasteiger partial charge in [0.25, 0.3) is 5.91 Å². The molecular formula is C19H14ClFN2O3S. The van der Waals surface area contributed by atoms with Gasteiger partial charge in [0.05, 0.1) is 16.2 Å². The van der Waals surface area contributed by atoms with Crippen LogP contribution in [0.25, 0.3) is 22.4 Å². The molecule has 0 fully saturated rings. The van der Waals surface area contributed by atoms with Gasteiger partial charge in [-0.3, -0.25) is 4.79 Å². The van der Waals surface area contributed by atoms with E-state index in [4.69, 9.17) is 17.3 Å². The van der Waals surface area contributed by atoms with E-state index >= 15 is 0 Å². The van der Waals surface area contributed by atoms with Crippen LogP contribution in [0.1, 0.15) is 10.4 Å². The summed E-state index contributed by atoms with van der Waals surface area (Å²) in [5.74, 6) is -1.15. The van der Waals surface area contributed by atoms with Gasteiger partial charge in [0.15, 0.2) is 9.84 Å². The number of carbonyl (C=O) groups is 1. The zero-order valence-electron chi connectivity index (χ0n) is 14.1. The second-order valence-electron chi connectivity index (χ2n) is 5.89. The number of primary amides is 1. The fourth-order valence-electron chi connectivity index (χ4n) is 2.59. The van der Waals surface area contributed by atoms with Crippen LogP contribution in [0.15, 0.2) is 59.5 Å². The van der Waals surface area contributed by atoms with Gasteiger partial charge >= 0.3 is 0 Å². The summed E-state index contributed by atoms with van der Waals surface area (Å²) in [7, 11) is -3.35. The number of hydrogen-bond acceptors (Lipinski definition) is 4. The second kappa shape index (κ2) is 7.09. The van der Waals surface area contributed by atoms with Gasteiger partial charge in [0.2, 0.25) is 0 Å². The van der Waals surface area contributed by atoms with Gasteiger partial charge in [0.1, 0.15) is 11.0 Å². The van der Waals surface area contributed by atoms with E-state index in [1.165, 1.54) is 42.5 Å². The molecule has 3 rings (SSSR count). The Morgan fingerprint density at radius 3 is 2.11 bits per heavy atom. The number of nitrogens with two attached hydrogens (primary N) is 1. The largest absolute Gasteiger partial charge is 0.366 e. The minimum atomic E-state index is -3.35. The topological polar surface area (TPSA) is 90.1 Å². The Bertz CT molecular complexity index is 1130. The van der Waals surface area contributed by atoms with Crippen LogP contribution in [0.3, 0.4) is 0 Å². The molecule has 0 saturated carbocycles. The van der Waals surface area contributed by atoms with Crippen molar-refractivity contribution in [3.05, 3.63) is 71.1 Å². The first-order valence-electron chi connectivity index (χ1n) is 7.73. The minimum Gasteiger partial charge on any atom is -0.366 e. The van der Waals surface area contributed by atoms with Crippen LogP contribution in [0.2, 0.25) is 5.15 Å². The monoisotopic (exact) mass is 404 g/mol. The molecule has 27 heavy (non-hydrogen) atoms. The lowest BCUT2D eigenvalue weighted by Crippen LogP contribution is -2.13. The fraction of sp³-hybridized carbons (Fsp3) is 0.0526. The number of amides is 1. The first-order valence-corrected chi connectivity index (χ1v) is 10.0. The van der Waals surface area contributed by atoms with Crippen LogP contribution in [0.4, 0.5) is 4.39 Å². The molecule has 0 bridgehead atoms. The van der Waals surface area contributed by atoms with Crippen molar-refractivity contribution in [1.29, 1.82) is 0 Å². The standard InChI is InChI=1S/C19H14ClFN2O3S/c1-27(25,26)14-8-4-11(5-9-14)15-10-16(19(22)24)18(20)23-17(15)12-2-6-13(21)7-3-12/h2-10H,1H3,(H2,22,24). The highest BCUT2D eigenvalue weighted by Crippen LogP contribution is 2.34. The number of benzene rings is 2. The summed E-state index contributed by atoms with van der Waals surface area (Å²) in [6.45, 7) is 0. The molecule has 3 aromatic rings. The Labute approximate surface area is 160 Å². The molecule has 2 N–H and O–H groups in total. The van der Waals surface area contributed by atoms with Gasteiger partial charge < -0.3 is 5.73 Å². The van der Waals surface area contributed by atoms with Crippen molar-refractivity contribution in [1.82, 2.24) is 4.98 Å². The highest BCUT2D eigenvalue weighted by Gasteiger charge is 2.17. The van der Waals surface area contributed by atoms with Crippen LogP contribution in [0.5, 0.6) is 0 Å². The van der Waals surface area contributed by atoms with Crippen LogP contribution in [-0.4, -0.2) is 25.6 Å². The molecule has 0 aliphatic rings. The van der Waals surface area contributed by atoms with E-state index in [1.54, 1.807) is 12.1 Å². The van der Waals surface area contributed by atoms with E-state index in [2.05, 4.69) is 4.98 Å². The number of pyridine rings is 1. The average molecular weight is 405 g/mol. The van der Waals surface area contributed by atoms with Crippen LogP contribution >= 0.6 is 11.6 Å². The normalized spacial score (nSPS) is 11.4. The summed E-state index contributed by atoms with van der Waals surface area (Å²) in [4.78, 5) is 16.1. The molecule has 0 atom stereocenters. The maximum Gasteiger partial charge on any atom is 0.251 e. The van der Waals surface area contributed by atoms with Crippen LogP contribution in [0, 0.1) is 5.82 Å². The molecule has 0 radical (unpaired) electrons. The van der Waals surface area contributed by atoms with Crippen molar-refractivity contribution in [3.8, 4) is 22.4 Å². The molecular weight excluding hydrogens is 391 g/mol. The fourth-order valence-corrected chi connectivity index (χ4v) is 3.46. The van der Waals surface area contributed by atoms with Gasteiger partial charge in [-0.1, -0.05) is 23.7 Å². The lowest BCUT2D eigenvalue weighted by atomic mass is 9.97. The molecule has 8 heteroatoms. The van der Waals surface area contributed by atoms with Crippen molar-refractivity contribution in [2.75, 3.05) is 6.26 Å². The van der Waals surface area contributed by atoms with Gasteiger partial charge in [-0.25, -0.2) is 17.8 Å². The van der Waals surface area contributed by atoms with Gasteiger partial charge in [-0.05, 0) is 48.0 Å². The number of sulfone groups is 1. The van der Waals surface area contributed by atoms with Gasteiger partial charge in [-0.2, -0.15) is 0 Å². The Morgan fingerprint density at radius 1 is 1.04 bits per heavy atom. The molecule has 1 amide bonds. The van der Waals surface area contributed by atoms with Crippen molar-refractivity contribution in [3.63, 3.8) is 0 Å². The Balaban J connectivity index is 2.24. The highest BCUT2D eigenvalue weighted by atomic mass is 35.5.